The molecule has 0 aliphatic carbocycles. The van der Waals surface area contributed by atoms with Gasteiger partial charge in [0, 0.05) is 12.6 Å². The predicted octanol–water partition coefficient (Wildman–Crippen LogP) is 4.04. The summed E-state index contributed by atoms with van der Waals surface area (Å²) in [5.41, 5.74) is 2.04. The van der Waals surface area contributed by atoms with Crippen LogP contribution in [0.25, 0.3) is 0 Å². The minimum atomic E-state index is -0.949. The van der Waals surface area contributed by atoms with Crippen LogP contribution < -0.4 is 10.1 Å². The summed E-state index contributed by atoms with van der Waals surface area (Å²) in [5, 5.41) is 3.33. The van der Waals surface area contributed by atoms with Gasteiger partial charge in [-0.25, -0.2) is 4.39 Å². The second-order valence-corrected chi connectivity index (χ2v) is 5.14. The van der Waals surface area contributed by atoms with E-state index in [-0.39, 0.29) is 12.4 Å². The maximum absolute atomic E-state index is 13.5. The van der Waals surface area contributed by atoms with Gasteiger partial charge in [-0.1, -0.05) is 44.2 Å². The molecule has 0 saturated heterocycles. The number of halogens is 2. The highest BCUT2D eigenvalue weighted by molar-refractivity contribution is 5.29. The number of hydrogen-bond acceptors (Lipinski definition) is 2. The molecule has 0 unspecified atom stereocenters. The van der Waals surface area contributed by atoms with Gasteiger partial charge in [0.2, 0.25) is 5.82 Å². The molecule has 1 N–H and O–H groups in total. The summed E-state index contributed by atoms with van der Waals surface area (Å²) >= 11 is 0. The van der Waals surface area contributed by atoms with E-state index in [0.717, 1.165) is 17.2 Å². The van der Waals surface area contributed by atoms with Crippen molar-refractivity contribution in [2.24, 2.45) is 0 Å². The van der Waals surface area contributed by atoms with Gasteiger partial charge in [0.15, 0.2) is 11.6 Å². The molecule has 2 rings (SSSR count). The summed E-state index contributed by atoms with van der Waals surface area (Å²) in [7, 11) is 0. The zero-order chi connectivity index (χ0) is 15.2. The molecule has 0 amide bonds. The SMILES string of the molecule is CC(C)NCc1ccccc1COc1cccc(F)c1F. The first-order chi connectivity index (χ1) is 10.1. The summed E-state index contributed by atoms with van der Waals surface area (Å²) in [5.74, 6) is -1.92. The third kappa shape index (κ3) is 4.26. The van der Waals surface area contributed by atoms with Gasteiger partial charge < -0.3 is 10.1 Å². The average Bonchev–Trinajstić information content (AvgIpc) is 2.47. The Labute approximate surface area is 123 Å². The van der Waals surface area contributed by atoms with Crippen LogP contribution in [0.5, 0.6) is 5.75 Å². The fraction of sp³-hybridized carbons (Fsp3) is 0.294. The van der Waals surface area contributed by atoms with E-state index in [2.05, 4.69) is 19.2 Å². The third-order valence-electron chi connectivity index (χ3n) is 3.12. The van der Waals surface area contributed by atoms with Crippen LogP contribution in [-0.2, 0) is 13.2 Å². The Morgan fingerprint density at radius 1 is 1.00 bits per heavy atom. The van der Waals surface area contributed by atoms with Crippen molar-refractivity contribution in [1.29, 1.82) is 0 Å². The first-order valence-electron chi connectivity index (χ1n) is 6.95. The normalized spacial score (nSPS) is 10.9. The molecule has 2 nitrogen and oxygen atoms in total. The molecule has 0 atom stereocenters. The Morgan fingerprint density at radius 2 is 1.71 bits per heavy atom. The van der Waals surface area contributed by atoms with Crippen molar-refractivity contribution in [1.82, 2.24) is 5.32 Å². The predicted molar refractivity (Wildman–Crippen MR) is 79.1 cm³/mol. The smallest absolute Gasteiger partial charge is 0.200 e. The average molecular weight is 291 g/mol. The minimum absolute atomic E-state index is 0.0679. The maximum atomic E-state index is 13.5. The molecular weight excluding hydrogens is 272 g/mol. The first kappa shape index (κ1) is 15.4. The molecule has 0 saturated carbocycles. The third-order valence-corrected chi connectivity index (χ3v) is 3.12. The highest BCUT2D eigenvalue weighted by Gasteiger charge is 2.10. The van der Waals surface area contributed by atoms with E-state index in [0.29, 0.717) is 12.6 Å². The van der Waals surface area contributed by atoms with Gasteiger partial charge in [0.05, 0.1) is 0 Å². The van der Waals surface area contributed by atoms with Crippen LogP contribution in [0.4, 0.5) is 8.78 Å². The van der Waals surface area contributed by atoms with Crippen LogP contribution >= 0.6 is 0 Å². The molecule has 0 aromatic heterocycles. The Kier molecular flexibility index (Phi) is 5.28. The lowest BCUT2D eigenvalue weighted by Gasteiger charge is -2.13. The highest BCUT2D eigenvalue weighted by Crippen LogP contribution is 2.21. The molecule has 2 aromatic rings. The molecular formula is C17H19F2NO. The van der Waals surface area contributed by atoms with Crippen LogP contribution in [0.15, 0.2) is 42.5 Å². The van der Waals surface area contributed by atoms with Gasteiger partial charge >= 0.3 is 0 Å². The summed E-state index contributed by atoms with van der Waals surface area (Å²) in [4.78, 5) is 0. The zero-order valence-electron chi connectivity index (χ0n) is 12.2. The topological polar surface area (TPSA) is 21.3 Å². The standard InChI is InChI=1S/C17H19F2NO/c1-12(2)20-10-13-6-3-4-7-14(13)11-21-16-9-5-8-15(18)17(16)19/h3-9,12,20H,10-11H2,1-2H3. The van der Waals surface area contributed by atoms with Crippen LogP contribution in [0.3, 0.4) is 0 Å². The number of benzene rings is 2. The lowest BCUT2D eigenvalue weighted by atomic mass is 10.1. The Morgan fingerprint density at radius 3 is 2.43 bits per heavy atom. The number of nitrogens with one attached hydrogen (secondary N) is 1. The molecule has 0 bridgehead atoms. The Bertz CT molecular complexity index is 599. The summed E-state index contributed by atoms with van der Waals surface area (Å²) in [6, 6.07) is 12.1. The van der Waals surface area contributed by atoms with Crippen molar-refractivity contribution in [2.45, 2.75) is 33.0 Å². The van der Waals surface area contributed by atoms with E-state index in [9.17, 15) is 8.78 Å². The highest BCUT2D eigenvalue weighted by atomic mass is 19.2. The lowest BCUT2D eigenvalue weighted by Crippen LogP contribution is -2.22. The molecule has 4 heteroatoms. The zero-order valence-corrected chi connectivity index (χ0v) is 12.2. The molecule has 0 fully saturated rings. The number of ether oxygens (including phenoxy) is 1. The molecule has 0 aliphatic rings. The van der Waals surface area contributed by atoms with E-state index in [1.165, 1.54) is 12.1 Å². The van der Waals surface area contributed by atoms with Crippen molar-refractivity contribution < 1.29 is 13.5 Å². The van der Waals surface area contributed by atoms with E-state index in [4.69, 9.17) is 4.74 Å². The monoisotopic (exact) mass is 291 g/mol. The van der Waals surface area contributed by atoms with Gasteiger partial charge in [-0.3, -0.25) is 0 Å². The number of rotatable bonds is 6. The second-order valence-electron chi connectivity index (χ2n) is 5.14. The molecule has 0 heterocycles. The largest absolute Gasteiger partial charge is 0.486 e. The summed E-state index contributed by atoms with van der Waals surface area (Å²) in [6.45, 7) is 5.06. The lowest BCUT2D eigenvalue weighted by molar-refractivity contribution is 0.283. The van der Waals surface area contributed by atoms with Gasteiger partial charge in [0.1, 0.15) is 6.61 Å². The van der Waals surface area contributed by atoms with Crippen LogP contribution in [0.1, 0.15) is 25.0 Å². The van der Waals surface area contributed by atoms with E-state index in [1.54, 1.807) is 0 Å². The summed E-state index contributed by atoms with van der Waals surface area (Å²) < 4.78 is 32.1. The fourth-order valence-corrected chi connectivity index (χ4v) is 1.94. The number of hydrogen-bond donors (Lipinski definition) is 1. The van der Waals surface area contributed by atoms with E-state index < -0.39 is 11.6 Å². The van der Waals surface area contributed by atoms with Crippen LogP contribution in [-0.4, -0.2) is 6.04 Å². The van der Waals surface area contributed by atoms with Crippen molar-refractivity contribution in [3.05, 3.63) is 65.2 Å². The second kappa shape index (κ2) is 7.18. The van der Waals surface area contributed by atoms with E-state index in [1.807, 2.05) is 24.3 Å². The molecule has 112 valence electrons. The van der Waals surface area contributed by atoms with Crippen molar-refractivity contribution >= 4 is 0 Å². The quantitative estimate of drug-likeness (QED) is 0.867. The van der Waals surface area contributed by atoms with Gasteiger partial charge in [-0.05, 0) is 23.3 Å². The van der Waals surface area contributed by atoms with Gasteiger partial charge in [-0.15, -0.1) is 0 Å². The Balaban J connectivity index is 2.07. The van der Waals surface area contributed by atoms with E-state index >= 15 is 0 Å². The van der Waals surface area contributed by atoms with Gasteiger partial charge in [-0.2, -0.15) is 4.39 Å². The van der Waals surface area contributed by atoms with Crippen LogP contribution in [0, 0.1) is 11.6 Å². The Hall–Kier alpha value is -1.94. The van der Waals surface area contributed by atoms with Crippen LogP contribution in [0.2, 0.25) is 0 Å². The van der Waals surface area contributed by atoms with Gasteiger partial charge in [0.25, 0.3) is 0 Å². The molecule has 21 heavy (non-hydrogen) atoms. The maximum Gasteiger partial charge on any atom is 0.200 e. The molecule has 2 aromatic carbocycles. The van der Waals surface area contributed by atoms with Crippen molar-refractivity contribution in [2.75, 3.05) is 0 Å². The summed E-state index contributed by atoms with van der Waals surface area (Å²) in [6.07, 6.45) is 0. The fourth-order valence-electron chi connectivity index (χ4n) is 1.94. The molecule has 0 spiro atoms. The van der Waals surface area contributed by atoms with Crippen molar-refractivity contribution in [3.63, 3.8) is 0 Å². The minimum Gasteiger partial charge on any atom is -0.486 e. The first-order valence-corrected chi connectivity index (χ1v) is 6.95. The molecule has 0 radical (unpaired) electrons. The van der Waals surface area contributed by atoms with Crippen molar-refractivity contribution in [3.8, 4) is 5.75 Å². The molecule has 0 aliphatic heterocycles.